The van der Waals surface area contributed by atoms with Gasteiger partial charge in [0.25, 0.3) is 0 Å². The van der Waals surface area contributed by atoms with Crippen LogP contribution < -0.4 is 0 Å². The summed E-state index contributed by atoms with van der Waals surface area (Å²) in [5, 5.41) is 9.73. The molecule has 0 saturated carbocycles. The fourth-order valence-electron chi connectivity index (χ4n) is 1.93. The lowest BCUT2D eigenvalue weighted by molar-refractivity contribution is 0.626. The molecule has 3 rings (SSSR count). The standard InChI is InChI=1S/C15H10FN3S/c1-9-2-4-12-13(6-9)19-15(18-12)20-14-5-3-11(16)7-10(14)8-17/h2-7H,1H3,(H,18,19). The van der Waals surface area contributed by atoms with Crippen LogP contribution in [0.2, 0.25) is 0 Å². The lowest BCUT2D eigenvalue weighted by Crippen LogP contribution is -1.84. The monoisotopic (exact) mass is 283 g/mol. The molecule has 0 aliphatic heterocycles. The van der Waals surface area contributed by atoms with Crippen molar-refractivity contribution in [2.45, 2.75) is 17.0 Å². The third-order valence-electron chi connectivity index (χ3n) is 2.88. The molecular formula is C15H10FN3S. The van der Waals surface area contributed by atoms with E-state index in [1.165, 1.54) is 23.9 Å². The van der Waals surface area contributed by atoms with Crippen molar-refractivity contribution in [1.29, 1.82) is 5.26 Å². The molecule has 2 aromatic carbocycles. The summed E-state index contributed by atoms with van der Waals surface area (Å²) >= 11 is 1.32. The zero-order valence-corrected chi connectivity index (χ0v) is 11.5. The number of aromatic amines is 1. The number of benzene rings is 2. The Morgan fingerprint density at radius 2 is 2.10 bits per heavy atom. The van der Waals surface area contributed by atoms with Crippen LogP contribution in [0.5, 0.6) is 0 Å². The first-order valence-electron chi connectivity index (χ1n) is 5.99. The number of nitriles is 1. The number of imidazole rings is 1. The van der Waals surface area contributed by atoms with Crippen LogP contribution in [-0.4, -0.2) is 9.97 Å². The van der Waals surface area contributed by atoms with Crippen molar-refractivity contribution >= 4 is 22.8 Å². The molecule has 0 amide bonds. The van der Waals surface area contributed by atoms with Gasteiger partial charge in [0.05, 0.1) is 16.6 Å². The van der Waals surface area contributed by atoms with E-state index in [4.69, 9.17) is 5.26 Å². The number of nitrogens with one attached hydrogen (secondary N) is 1. The number of aromatic nitrogens is 2. The van der Waals surface area contributed by atoms with E-state index < -0.39 is 5.82 Å². The van der Waals surface area contributed by atoms with Crippen LogP contribution in [0.3, 0.4) is 0 Å². The van der Waals surface area contributed by atoms with Gasteiger partial charge in [-0.15, -0.1) is 0 Å². The average molecular weight is 283 g/mol. The molecular weight excluding hydrogens is 273 g/mol. The molecule has 3 aromatic rings. The molecule has 0 atom stereocenters. The third kappa shape index (κ3) is 2.38. The van der Waals surface area contributed by atoms with Gasteiger partial charge < -0.3 is 4.98 Å². The van der Waals surface area contributed by atoms with Crippen molar-refractivity contribution in [2.75, 3.05) is 0 Å². The molecule has 0 aliphatic rings. The second-order valence-electron chi connectivity index (χ2n) is 4.42. The van der Waals surface area contributed by atoms with Gasteiger partial charge in [0.2, 0.25) is 0 Å². The molecule has 1 aromatic heterocycles. The van der Waals surface area contributed by atoms with Gasteiger partial charge in [-0.1, -0.05) is 17.8 Å². The van der Waals surface area contributed by atoms with Gasteiger partial charge in [0.15, 0.2) is 5.16 Å². The van der Waals surface area contributed by atoms with Crippen molar-refractivity contribution < 1.29 is 4.39 Å². The van der Waals surface area contributed by atoms with E-state index >= 15 is 0 Å². The molecule has 0 unspecified atom stereocenters. The number of rotatable bonds is 2. The third-order valence-corrected chi connectivity index (χ3v) is 3.85. The van der Waals surface area contributed by atoms with Crippen LogP contribution in [0.1, 0.15) is 11.1 Å². The quantitative estimate of drug-likeness (QED) is 0.772. The number of fused-ring (bicyclic) bond motifs is 1. The number of aryl methyl sites for hydroxylation is 1. The van der Waals surface area contributed by atoms with E-state index in [0.717, 1.165) is 16.6 Å². The van der Waals surface area contributed by atoms with Crippen molar-refractivity contribution in [3.05, 3.63) is 53.3 Å². The Morgan fingerprint density at radius 1 is 1.25 bits per heavy atom. The first-order valence-corrected chi connectivity index (χ1v) is 6.81. The van der Waals surface area contributed by atoms with Crippen LogP contribution in [0, 0.1) is 24.1 Å². The second kappa shape index (κ2) is 4.99. The summed E-state index contributed by atoms with van der Waals surface area (Å²) in [6.45, 7) is 2.01. The highest BCUT2D eigenvalue weighted by Gasteiger charge is 2.09. The Hall–Kier alpha value is -2.32. The summed E-state index contributed by atoms with van der Waals surface area (Å²) < 4.78 is 13.1. The van der Waals surface area contributed by atoms with Gasteiger partial charge in [-0.25, -0.2) is 9.37 Å². The number of hydrogen-bond acceptors (Lipinski definition) is 3. The van der Waals surface area contributed by atoms with Crippen LogP contribution in [0.15, 0.2) is 46.5 Å². The summed E-state index contributed by atoms with van der Waals surface area (Å²) in [5.41, 5.74) is 3.29. The lowest BCUT2D eigenvalue weighted by atomic mass is 10.2. The smallest absolute Gasteiger partial charge is 0.171 e. The summed E-state index contributed by atoms with van der Waals surface area (Å²) in [4.78, 5) is 8.34. The molecule has 0 saturated heterocycles. The number of halogens is 1. The van der Waals surface area contributed by atoms with Gasteiger partial charge in [0, 0.05) is 4.90 Å². The second-order valence-corrected chi connectivity index (χ2v) is 5.45. The Kier molecular flexibility index (Phi) is 3.17. The topological polar surface area (TPSA) is 52.5 Å². The van der Waals surface area contributed by atoms with Gasteiger partial charge in [-0.2, -0.15) is 5.26 Å². The first kappa shape index (κ1) is 12.7. The van der Waals surface area contributed by atoms with Crippen LogP contribution in [0.4, 0.5) is 4.39 Å². The predicted octanol–water partition coefficient (Wildman–Crippen LogP) is 4.03. The maximum Gasteiger partial charge on any atom is 0.171 e. The number of nitrogens with zero attached hydrogens (tertiary/aromatic N) is 2. The summed E-state index contributed by atoms with van der Waals surface area (Å²) in [6, 6.07) is 12.1. The van der Waals surface area contributed by atoms with E-state index in [-0.39, 0.29) is 0 Å². The number of H-pyrrole nitrogens is 1. The minimum atomic E-state index is -0.411. The average Bonchev–Trinajstić information content (AvgIpc) is 2.82. The zero-order valence-electron chi connectivity index (χ0n) is 10.6. The Labute approximate surface area is 119 Å². The van der Waals surface area contributed by atoms with Gasteiger partial charge >= 0.3 is 0 Å². The molecule has 5 heteroatoms. The largest absolute Gasteiger partial charge is 0.333 e. The Balaban J connectivity index is 1.99. The minimum Gasteiger partial charge on any atom is -0.333 e. The normalized spacial score (nSPS) is 10.7. The van der Waals surface area contributed by atoms with Crippen molar-refractivity contribution in [3.8, 4) is 6.07 Å². The molecule has 1 N–H and O–H groups in total. The maximum atomic E-state index is 13.1. The van der Waals surface area contributed by atoms with Gasteiger partial charge in [0.1, 0.15) is 11.9 Å². The molecule has 1 heterocycles. The molecule has 0 bridgehead atoms. The van der Waals surface area contributed by atoms with E-state index in [2.05, 4.69) is 9.97 Å². The minimum absolute atomic E-state index is 0.312. The van der Waals surface area contributed by atoms with Crippen molar-refractivity contribution in [3.63, 3.8) is 0 Å². The highest BCUT2D eigenvalue weighted by Crippen LogP contribution is 2.30. The van der Waals surface area contributed by atoms with E-state index in [9.17, 15) is 4.39 Å². The molecule has 3 nitrogen and oxygen atoms in total. The molecule has 98 valence electrons. The Morgan fingerprint density at radius 3 is 2.90 bits per heavy atom. The SMILES string of the molecule is Cc1ccc2nc(Sc3ccc(F)cc3C#N)[nH]c2c1. The van der Waals surface area contributed by atoms with E-state index in [1.807, 2.05) is 31.2 Å². The summed E-state index contributed by atoms with van der Waals surface area (Å²) in [7, 11) is 0. The van der Waals surface area contributed by atoms with Crippen LogP contribution in [0.25, 0.3) is 11.0 Å². The van der Waals surface area contributed by atoms with Crippen LogP contribution >= 0.6 is 11.8 Å². The molecule has 20 heavy (non-hydrogen) atoms. The summed E-state index contributed by atoms with van der Waals surface area (Å²) in [6.07, 6.45) is 0. The molecule has 0 fully saturated rings. The first-order chi connectivity index (χ1) is 9.65. The highest BCUT2D eigenvalue weighted by atomic mass is 32.2. The molecule has 0 radical (unpaired) electrons. The maximum absolute atomic E-state index is 13.1. The van der Waals surface area contributed by atoms with Gasteiger partial charge in [-0.05, 0) is 42.8 Å². The van der Waals surface area contributed by atoms with Crippen molar-refractivity contribution in [1.82, 2.24) is 9.97 Å². The molecule has 0 aliphatic carbocycles. The van der Waals surface area contributed by atoms with Crippen LogP contribution in [-0.2, 0) is 0 Å². The fraction of sp³-hybridized carbons (Fsp3) is 0.0667. The Bertz CT molecular complexity index is 833. The van der Waals surface area contributed by atoms with E-state index in [1.54, 1.807) is 6.07 Å². The van der Waals surface area contributed by atoms with Gasteiger partial charge in [-0.3, -0.25) is 0 Å². The fourth-order valence-corrected chi connectivity index (χ4v) is 2.80. The predicted molar refractivity (Wildman–Crippen MR) is 76.1 cm³/mol. The lowest BCUT2D eigenvalue weighted by Gasteiger charge is -2.00. The van der Waals surface area contributed by atoms with Crippen molar-refractivity contribution in [2.24, 2.45) is 0 Å². The summed E-state index contributed by atoms with van der Waals surface area (Å²) in [5.74, 6) is -0.411. The van der Waals surface area contributed by atoms with E-state index in [0.29, 0.717) is 15.6 Å². The zero-order chi connectivity index (χ0) is 14.1. The molecule has 0 spiro atoms. The highest BCUT2D eigenvalue weighted by molar-refractivity contribution is 7.99. The number of hydrogen-bond donors (Lipinski definition) is 1.